The smallest absolute Gasteiger partial charge is 0.0341 e. The van der Waals surface area contributed by atoms with E-state index in [9.17, 15) is 0 Å². The van der Waals surface area contributed by atoms with Crippen LogP contribution in [0, 0.1) is 0 Å². The van der Waals surface area contributed by atoms with Crippen molar-refractivity contribution in [3.8, 4) is 0 Å². The van der Waals surface area contributed by atoms with E-state index in [1.165, 1.54) is 48.6 Å². The summed E-state index contributed by atoms with van der Waals surface area (Å²) in [4.78, 5) is 3.97. The molecule has 0 radical (unpaired) electrons. The average Bonchev–Trinajstić information content (AvgIpc) is 2.50. The van der Waals surface area contributed by atoms with Crippen molar-refractivity contribution in [2.24, 2.45) is 0 Å². The number of hydrogen-bond acceptors (Lipinski definition) is 3. The molecule has 3 rings (SSSR count). The zero-order chi connectivity index (χ0) is 13.8. The summed E-state index contributed by atoms with van der Waals surface area (Å²) in [5.41, 5.74) is 1.51. The maximum absolute atomic E-state index is 3.91. The lowest BCUT2D eigenvalue weighted by Gasteiger charge is -2.35. The molecule has 1 aromatic carbocycles. The predicted octanol–water partition coefficient (Wildman–Crippen LogP) is 3.46. The third kappa shape index (κ3) is 3.27. The molecule has 0 saturated carbocycles. The molecule has 1 aromatic rings. The number of fused-ring (bicyclic) bond motifs is 1. The molecule has 1 unspecified atom stereocenters. The first-order valence-electron chi connectivity index (χ1n) is 7.68. The Labute approximate surface area is 126 Å². The van der Waals surface area contributed by atoms with Crippen LogP contribution in [0.25, 0.3) is 0 Å². The average molecular weight is 288 g/mol. The molecule has 3 heteroatoms. The largest absolute Gasteiger partial charge is 0.307 e. The first-order valence-corrected chi connectivity index (χ1v) is 8.66. The lowest BCUT2D eigenvalue weighted by Crippen LogP contribution is -2.44. The summed E-state index contributed by atoms with van der Waals surface area (Å²) < 4.78 is 0. The van der Waals surface area contributed by atoms with E-state index in [2.05, 4.69) is 41.1 Å². The van der Waals surface area contributed by atoms with Gasteiger partial charge in [-0.25, -0.2) is 0 Å². The van der Waals surface area contributed by atoms with Gasteiger partial charge in [0.1, 0.15) is 0 Å². The van der Waals surface area contributed by atoms with Gasteiger partial charge in [-0.15, -0.1) is 18.3 Å². The molecule has 0 aromatic heterocycles. The zero-order valence-corrected chi connectivity index (χ0v) is 12.9. The van der Waals surface area contributed by atoms with Crippen molar-refractivity contribution in [2.75, 3.05) is 25.4 Å². The van der Waals surface area contributed by atoms with Crippen molar-refractivity contribution in [2.45, 2.75) is 36.2 Å². The third-order valence-corrected chi connectivity index (χ3v) is 5.49. The standard InChI is InChI=1S/C17H24N2S/c1-2-10-19-11-7-14(8-12-19)18-16-9-13-20-17-6-4-3-5-15(16)17/h2-6,14,16,18H,1,7-13H2. The van der Waals surface area contributed by atoms with E-state index in [1.54, 1.807) is 0 Å². The minimum Gasteiger partial charge on any atom is -0.307 e. The molecule has 2 aliphatic rings. The van der Waals surface area contributed by atoms with Crippen molar-refractivity contribution in [3.05, 3.63) is 42.5 Å². The Bertz CT molecular complexity index is 452. The van der Waals surface area contributed by atoms with Crippen LogP contribution in [0.4, 0.5) is 0 Å². The number of benzene rings is 1. The van der Waals surface area contributed by atoms with Crippen LogP contribution in [-0.2, 0) is 0 Å². The first kappa shape index (κ1) is 14.2. The summed E-state index contributed by atoms with van der Waals surface area (Å²) in [5.74, 6) is 1.24. The van der Waals surface area contributed by atoms with Gasteiger partial charge in [0.15, 0.2) is 0 Å². The van der Waals surface area contributed by atoms with Crippen molar-refractivity contribution >= 4 is 11.8 Å². The van der Waals surface area contributed by atoms with Gasteiger partial charge in [-0.3, -0.25) is 4.90 Å². The lowest BCUT2D eigenvalue weighted by atomic mass is 9.99. The molecule has 1 fully saturated rings. The van der Waals surface area contributed by atoms with Gasteiger partial charge in [-0.05, 0) is 49.7 Å². The van der Waals surface area contributed by atoms with Crippen molar-refractivity contribution in [3.63, 3.8) is 0 Å². The van der Waals surface area contributed by atoms with Crippen molar-refractivity contribution < 1.29 is 0 Å². The second kappa shape index (κ2) is 6.79. The van der Waals surface area contributed by atoms with Gasteiger partial charge < -0.3 is 5.32 Å². The molecule has 1 atom stereocenters. The fourth-order valence-electron chi connectivity index (χ4n) is 3.26. The highest BCUT2D eigenvalue weighted by Crippen LogP contribution is 2.36. The fourth-order valence-corrected chi connectivity index (χ4v) is 4.39. The Kier molecular flexibility index (Phi) is 4.81. The second-order valence-electron chi connectivity index (χ2n) is 5.76. The number of rotatable bonds is 4. The number of nitrogens with zero attached hydrogens (tertiary/aromatic N) is 1. The molecule has 0 spiro atoms. The number of thioether (sulfide) groups is 1. The lowest BCUT2D eigenvalue weighted by molar-refractivity contribution is 0.205. The molecule has 0 amide bonds. The molecule has 108 valence electrons. The minimum absolute atomic E-state index is 0.559. The molecule has 1 saturated heterocycles. The molecule has 1 N–H and O–H groups in total. The molecule has 2 aliphatic heterocycles. The molecule has 20 heavy (non-hydrogen) atoms. The summed E-state index contributed by atoms with van der Waals surface area (Å²) in [6, 6.07) is 10.1. The van der Waals surface area contributed by atoms with Gasteiger partial charge in [0.05, 0.1) is 0 Å². The summed E-state index contributed by atoms with van der Waals surface area (Å²) in [6.07, 6.45) is 5.80. The highest BCUT2D eigenvalue weighted by Gasteiger charge is 2.25. The zero-order valence-electron chi connectivity index (χ0n) is 12.1. The first-order chi connectivity index (χ1) is 9.86. The second-order valence-corrected chi connectivity index (χ2v) is 6.89. The maximum Gasteiger partial charge on any atom is 0.0341 e. The van der Waals surface area contributed by atoms with E-state index in [-0.39, 0.29) is 0 Å². The quantitative estimate of drug-likeness (QED) is 0.854. The summed E-state index contributed by atoms with van der Waals surface area (Å²) in [6.45, 7) is 7.27. The normalized spacial score (nSPS) is 24.3. The van der Waals surface area contributed by atoms with Crippen molar-refractivity contribution in [1.82, 2.24) is 10.2 Å². The number of hydrogen-bond donors (Lipinski definition) is 1. The van der Waals surface area contributed by atoms with Crippen LogP contribution in [0.5, 0.6) is 0 Å². The van der Waals surface area contributed by atoms with Gasteiger partial charge in [0.25, 0.3) is 0 Å². The number of piperidine rings is 1. The number of nitrogens with one attached hydrogen (secondary N) is 1. The summed E-state index contributed by atoms with van der Waals surface area (Å²) in [7, 11) is 0. The molecule has 0 bridgehead atoms. The van der Waals surface area contributed by atoms with E-state index in [4.69, 9.17) is 0 Å². The van der Waals surface area contributed by atoms with E-state index < -0.39 is 0 Å². The Morgan fingerprint density at radius 2 is 2.05 bits per heavy atom. The van der Waals surface area contributed by atoms with Crippen LogP contribution in [0.2, 0.25) is 0 Å². The van der Waals surface area contributed by atoms with E-state index in [0.29, 0.717) is 12.1 Å². The molecular formula is C17H24N2S. The van der Waals surface area contributed by atoms with E-state index in [0.717, 1.165) is 6.54 Å². The molecular weight excluding hydrogens is 264 g/mol. The van der Waals surface area contributed by atoms with Gasteiger partial charge >= 0.3 is 0 Å². The van der Waals surface area contributed by atoms with E-state index >= 15 is 0 Å². The number of likely N-dealkylation sites (tertiary alicyclic amines) is 1. The summed E-state index contributed by atoms with van der Waals surface area (Å²) in [5, 5.41) is 3.91. The van der Waals surface area contributed by atoms with Gasteiger partial charge in [0.2, 0.25) is 0 Å². The van der Waals surface area contributed by atoms with Crippen LogP contribution in [0.3, 0.4) is 0 Å². The highest BCUT2D eigenvalue weighted by atomic mass is 32.2. The third-order valence-electron chi connectivity index (χ3n) is 4.37. The molecule has 0 aliphatic carbocycles. The highest BCUT2D eigenvalue weighted by molar-refractivity contribution is 7.99. The maximum atomic E-state index is 3.91. The van der Waals surface area contributed by atoms with Gasteiger partial charge in [-0.1, -0.05) is 24.3 Å². The van der Waals surface area contributed by atoms with E-state index in [1.807, 2.05) is 17.8 Å². The predicted molar refractivity (Wildman–Crippen MR) is 87.3 cm³/mol. The van der Waals surface area contributed by atoms with Crippen LogP contribution in [-0.4, -0.2) is 36.3 Å². The molecule has 2 nitrogen and oxygen atoms in total. The molecule has 2 heterocycles. The Balaban J connectivity index is 1.58. The Morgan fingerprint density at radius 1 is 1.25 bits per heavy atom. The summed E-state index contributed by atoms with van der Waals surface area (Å²) >= 11 is 2.00. The minimum atomic E-state index is 0.559. The fraction of sp³-hybridized carbons (Fsp3) is 0.529. The van der Waals surface area contributed by atoms with Gasteiger partial charge in [-0.2, -0.15) is 0 Å². The Hall–Kier alpha value is -0.770. The van der Waals surface area contributed by atoms with Crippen LogP contribution in [0.1, 0.15) is 30.9 Å². The van der Waals surface area contributed by atoms with Gasteiger partial charge in [0, 0.05) is 23.5 Å². The monoisotopic (exact) mass is 288 g/mol. The van der Waals surface area contributed by atoms with Crippen molar-refractivity contribution in [1.29, 1.82) is 0 Å². The topological polar surface area (TPSA) is 15.3 Å². The SMILES string of the molecule is C=CCN1CCC(NC2CCSc3ccccc32)CC1. The van der Waals surface area contributed by atoms with Crippen LogP contribution >= 0.6 is 11.8 Å². The Morgan fingerprint density at radius 3 is 2.85 bits per heavy atom. The van der Waals surface area contributed by atoms with Crippen LogP contribution < -0.4 is 5.32 Å². The van der Waals surface area contributed by atoms with Crippen LogP contribution in [0.15, 0.2) is 41.8 Å².